The van der Waals surface area contributed by atoms with Crippen LogP contribution in [-0.2, 0) is 65.4 Å². The lowest BCUT2D eigenvalue weighted by Gasteiger charge is -2.21. The number of esters is 4. The summed E-state index contributed by atoms with van der Waals surface area (Å²) in [6, 6.07) is 0. The van der Waals surface area contributed by atoms with Crippen LogP contribution in [0.15, 0.2) is 146 Å². The van der Waals surface area contributed by atoms with E-state index in [0.29, 0.717) is 32.1 Å². The second kappa shape index (κ2) is 80.0. The summed E-state index contributed by atoms with van der Waals surface area (Å²) in [5.74, 6) is -2.32. The third kappa shape index (κ3) is 79.0. The van der Waals surface area contributed by atoms with Crippen LogP contribution in [0.1, 0.15) is 336 Å². The van der Waals surface area contributed by atoms with Gasteiger partial charge in [-0.1, -0.05) is 296 Å². The van der Waals surface area contributed by atoms with Gasteiger partial charge in [-0.3, -0.25) is 37.3 Å². The fourth-order valence-electron chi connectivity index (χ4n) is 10.9. The summed E-state index contributed by atoms with van der Waals surface area (Å²) in [5.41, 5.74) is 0. The van der Waals surface area contributed by atoms with Gasteiger partial charge < -0.3 is 33.8 Å². The van der Waals surface area contributed by atoms with E-state index < -0.39 is 97.5 Å². The zero-order valence-electron chi connectivity index (χ0n) is 67.7. The van der Waals surface area contributed by atoms with E-state index in [1.165, 1.54) is 96.3 Å². The van der Waals surface area contributed by atoms with Crippen molar-refractivity contribution < 1.29 is 80.2 Å². The molecule has 0 aliphatic carbocycles. The maximum Gasteiger partial charge on any atom is 0.472 e. The lowest BCUT2D eigenvalue weighted by molar-refractivity contribution is -0.161. The molecule has 0 rings (SSSR count). The molecule has 0 heterocycles. The van der Waals surface area contributed by atoms with Crippen molar-refractivity contribution in [2.45, 2.75) is 354 Å². The molecule has 0 saturated heterocycles. The predicted molar refractivity (Wildman–Crippen MR) is 445 cm³/mol. The first kappa shape index (κ1) is 103. The van der Waals surface area contributed by atoms with Crippen LogP contribution in [-0.4, -0.2) is 96.7 Å². The minimum Gasteiger partial charge on any atom is -0.462 e. The summed E-state index contributed by atoms with van der Waals surface area (Å²) in [7, 11) is -10.0. The molecule has 0 saturated carbocycles. The van der Waals surface area contributed by atoms with E-state index in [-0.39, 0.29) is 25.7 Å². The van der Waals surface area contributed by atoms with E-state index in [2.05, 4.69) is 155 Å². The van der Waals surface area contributed by atoms with Crippen LogP contribution in [0.2, 0.25) is 0 Å². The van der Waals surface area contributed by atoms with E-state index in [1.807, 2.05) is 18.2 Å². The molecule has 108 heavy (non-hydrogen) atoms. The van der Waals surface area contributed by atoms with E-state index in [9.17, 15) is 43.2 Å². The van der Waals surface area contributed by atoms with Crippen LogP contribution in [0, 0.1) is 0 Å². The number of aliphatic hydroxyl groups excluding tert-OH is 1. The highest BCUT2D eigenvalue weighted by atomic mass is 31.2. The van der Waals surface area contributed by atoms with E-state index in [0.717, 1.165) is 154 Å². The van der Waals surface area contributed by atoms with Gasteiger partial charge in [-0.05, 0) is 161 Å². The van der Waals surface area contributed by atoms with Crippen LogP contribution >= 0.6 is 15.6 Å². The Morgan fingerprint density at radius 2 is 0.500 bits per heavy atom. The zero-order chi connectivity index (χ0) is 78.9. The van der Waals surface area contributed by atoms with Crippen LogP contribution in [0.4, 0.5) is 0 Å². The third-order valence-electron chi connectivity index (χ3n) is 17.3. The number of aliphatic hydroxyl groups is 1. The van der Waals surface area contributed by atoms with Gasteiger partial charge in [0.15, 0.2) is 12.2 Å². The van der Waals surface area contributed by atoms with Crippen molar-refractivity contribution in [2.24, 2.45) is 0 Å². The Morgan fingerprint density at radius 1 is 0.269 bits per heavy atom. The maximum absolute atomic E-state index is 13.1. The summed E-state index contributed by atoms with van der Waals surface area (Å²) in [6.07, 6.45) is 92.6. The molecule has 3 N–H and O–H groups in total. The summed E-state index contributed by atoms with van der Waals surface area (Å²) in [4.78, 5) is 73.1. The third-order valence-corrected chi connectivity index (χ3v) is 19.2. The average molecular weight is 1550 g/mol. The molecule has 0 aromatic rings. The molecule has 0 spiro atoms. The van der Waals surface area contributed by atoms with E-state index in [1.54, 1.807) is 0 Å². The Kier molecular flexibility index (Phi) is 76.3. The molecule has 0 aromatic carbocycles. The number of phosphoric ester groups is 2. The van der Waals surface area contributed by atoms with Crippen molar-refractivity contribution in [3.8, 4) is 0 Å². The molecule has 0 aliphatic heterocycles. The Balaban J connectivity index is 5.49. The molecular weight excluding hydrogens is 1400 g/mol. The standard InChI is InChI=1S/C89H150O17P2/c1-5-9-13-17-21-25-29-33-37-39-41-43-47-50-54-58-62-66-70-74-87(92)100-80-85(106-89(94)76-72-68-64-60-56-52-48-44-42-40-38-34-30-26-22-18-14-10-6-2)82-104-108(97,98)102-78-83(90)77-101-107(95,96)103-81-84(105-88(93)75-71-67-63-59-55-51-46-36-32-28-24-20-16-12-8-4)79-99-86(91)73-69-65-61-57-53-49-45-35-31-27-23-19-15-11-7-3/h9,13,21-22,25-27,31,33-34,36-38,41-44,46,50,52,54,56,64,68,83-85,90H,5-8,10-12,14-20,23-24,28-30,32,35,39-40,45,47-49,51,53,55,57-63,65-67,69-82H2,1-4H3,(H,95,96)(H,97,98)/b13-9-,25-21-,26-22-,31-27-,37-33-,38-34-,43-41-,44-42-,46-36-,54-50-,56-52-,68-64-/t83-,84+,85+/m0/s1. The molecule has 0 radical (unpaired) electrons. The van der Waals surface area contributed by atoms with Crippen LogP contribution in [0.25, 0.3) is 0 Å². The van der Waals surface area contributed by atoms with Crippen molar-refractivity contribution in [3.63, 3.8) is 0 Å². The van der Waals surface area contributed by atoms with Crippen molar-refractivity contribution in [1.82, 2.24) is 0 Å². The molecule has 5 atom stereocenters. The molecule has 2 unspecified atom stereocenters. The largest absolute Gasteiger partial charge is 0.472 e. The zero-order valence-corrected chi connectivity index (χ0v) is 69.5. The smallest absolute Gasteiger partial charge is 0.462 e. The number of carbonyl (C=O) groups is 4. The Hall–Kier alpha value is -5.06. The monoisotopic (exact) mass is 1550 g/mol. The minimum atomic E-state index is -5.01. The molecule has 19 heteroatoms. The van der Waals surface area contributed by atoms with Gasteiger partial charge in [0.1, 0.15) is 19.3 Å². The maximum atomic E-state index is 13.1. The number of unbranched alkanes of at least 4 members (excludes halogenated alkanes) is 28. The SMILES string of the molecule is CC/C=C\C/C=C\C/C=C\C/C=C\C/C=C\CCCCCC(=O)OC[C@H](COP(=O)(O)OC[C@@H](O)COP(=O)(O)OC[C@@H](COC(=O)CCCCCCCCC/C=C\CCCCCC)OC(=O)CCCCCCC/C=C\CCCCCCCC)OC(=O)CC/C=C\C/C=C\C/C=C\C/C=C\C/C=C\CCCCC. The number of allylic oxidation sites excluding steroid dienone is 24. The predicted octanol–water partition coefficient (Wildman–Crippen LogP) is 25.0. The van der Waals surface area contributed by atoms with Crippen LogP contribution < -0.4 is 0 Å². The number of hydrogen-bond donors (Lipinski definition) is 3. The minimum absolute atomic E-state index is 0.0405. The lowest BCUT2D eigenvalue weighted by atomic mass is 10.1. The lowest BCUT2D eigenvalue weighted by Crippen LogP contribution is -2.30. The molecule has 0 aromatic heterocycles. The molecule has 0 fully saturated rings. The second-order valence-corrected chi connectivity index (χ2v) is 30.6. The Labute approximate surface area is 656 Å². The van der Waals surface area contributed by atoms with Gasteiger partial charge >= 0.3 is 39.5 Å². The Bertz CT molecular complexity index is 2610. The normalized spacial score (nSPS) is 14.5. The van der Waals surface area contributed by atoms with Gasteiger partial charge in [-0.2, -0.15) is 0 Å². The van der Waals surface area contributed by atoms with Gasteiger partial charge in [0.25, 0.3) is 0 Å². The highest BCUT2D eigenvalue weighted by Crippen LogP contribution is 2.45. The van der Waals surface area contributed by atoms with Crippen molar-refractivity contribution in [3.05, 3.63) is 146 Å². The topological polar surface area (TPSA) is 237 Å². The molecule has 0 bridgehead atoms. The number of carbonyl (C=O) groups excluding carboxylic acids is 4. The first-order chi connectivity index (χ1) is 52.7. The molecule has 17 nitrogen and oxygen atoms in total. The molecular formula is C89H150O17P2. The molecule has 618 valence electrons. The first-order valence-corrected chi connectivity index (χ1v) is 45.1. The quantitative estimate of drug-likeness (QED) is 0.0169. The summed E-state index contributed by atoms with van der Waals surface area (Å²) in [6.45, 7) is 4.60. The molecule has 0 amide bonds. The Morgan fingerprint density at radius 3 is 0.843 bits per heavy atom. The number of rotatable bonds is 78. The van der Waals surface area contributed by atoms with Gasteiger partial charge in [0, 0.05) is 25.7 Å². The number of hydrogen-bond acceptors (Lipinski definition) is 15. The van der Waals surface area contributed by atoms with Gasteiger partial charge in [0.05, 0.1) is 26.4 Å². The van der Waals surface area contributed by atoms with E-state index in [4.69, 9.17) is 37.0 Å². The summed E-state index contributed by atoms with van der Waals surface area (Å²) in [5, 5.41) is 10.7. The van der Waals surface area contributed by atoms with Crippen LogP contribution in [0.5, 0.6) is 0 Å². The van der Waals surface area contributed by atoms with Gasteiger partial charge in [0.2, 0.25) is 0 Å². The highest BCUT2D eigenvalue weighted by molar-refractivity contribution is 7.47. The van der Waals surface area contributed by atoms with Crippen molar-refractivity contribution in [1.29, 1.82) is 0 Å². The van der Waals surface area contributed by atoms with Gasteiger partial charge in [-0.15, -0.1) is 0 Å². The average Bonchev–Trinajstić information content (AvgIpc) is 0.896. The summed E-state index contributed by atoms with van der Waals surface area (Å²) >= 11 is 0. The second-order valence-electron chi connectivity index (χ2n) is 27.7. The van der Waals surface area contributed by atoms with Gasteiger partial charge in [-0.25, -0.2) is 9.13 Å². The fourth-order valence-corrected chi connectivity index (χ4v) is 12.4. The molecule has 0 aliphatic rings. The fraction of sp³-hybridized carbons (Fsp3) is 0.685. The summed E-state index contributed by atoms with van der Waals surface area (Å²) < 4.78 is 68.6. The van der Waals surface area contributed by atoms with E-state index >= 15 is 0 Å². The van der Waals surface area contributed by atoms with Crippen molar-refractivity contribution >= 4 is 39.5 Å². The van der Waals surface area contributed by atoms with Crippen molar-refractivity contribution in [2.75, 3.05) is 39.6 Å². The number of ether oxygens (including phenoxy) is 4. The highest BCUT2D eigenvalue weighted by Gasteiger charge is 2.30. The van der Waals surface area contributed by atoms with Crippen LogP contribution in [0.3, 0.4) is 0 Å². The number of phosphoric acid groups is 2. The first-order valence-electron chi connectivity index (χ1n) is 42.1.